The number of hydrogen-bond acceptors (Lipinski definition) is 3. The van der Waals surface area contributed by atoms with E-state index in [4.69, 9.17) is 0 Å². The van der Waals surface area contributed by atoms with Crippen LogP contribution in [0.1, 0.15) is 36.6 Å². The number of hydrogen-bond donors (Lipinski definition) is 1. The number of halogens is 1. The molecule has 0 saturated heterocycles. The monoisotopic (exact) mass is 392 g/mol. The Kier molecular flexibility index (Phi) is 6.26. The van der Waals surface area contributed by atoms with Crippen LogP contribution in [0.5, 0.6) is 0 Å². The number of amides is 1. The Morgan fingerprint density at radius 2 is 1.56 bits per heavy atom. The van der Waals surface area contributed by atoms with Crippen LogP contribution in [0.3, 0.4) is 0 Å². The third-order valence-electron chi connectivity index (χ3n) is 4.28. The maximum absolute atomic E-state index is 13.1. The first-order chi connectivity index (χ1) is 12.5. The molecule has 0 aliphatic heterocycles. The van der Waals surface area contributed by atoms with Crippen molar-refractivity contribution in [1.29, 1.82) is 0 Å². The molecule has 2 atom stereocenters. The topological polar surface area (TPSA) is 66.5 Å². The average molecular weight is 392 g/mol. The number of benzene rings is 2. The van der Waals surface area contributed by atoms with E-state index in [0.29, 0.717) is 5.69 Å². The van der Waals surface area contributed by atoms with Gasteiger partial charge in [0.25, 0.3) is 0 Å². The average Bonchev–Trinajstić information content (AvgIpc) is 2.53. The minimum atomic E-state index is -3.68. The number of nitrogens with one attached hydrogen (secondary N) is 1. The Balaban J connectivity index is 2.28. The summed E-state index contributed by atoms with van der Waals surface area (Å²) < 4.78 is 39.0. The van der Waals surface area contributed by atoms with Crippen LogP contribution in [0, 0.1) is 19.7 Å². The molecule has 0 aliphatic carbocycles. The van der Waals surface area contributed by atoms with E-state index in [2.05, 4.69) is 5.32 Å². The number of anilines is 1. The second kappa shape index (κ2) is 8.08. The highest BCUT2D eigenvalue weighted by atomic mass is 32.2. The van der Waals surface area contributed by atoms with Crippen LogP contribution in [0.4, 0.5) is 10.1 Å². The highest BCUT2D eigenvalue weighted by Gasteiger charge is 2.30. The number of carbonyl (C=O) groups is 1. The van der Waals surface area contributed by atoms with Crippen molar-refractivity contribution in [2.45, 2.75) is 39.8 Å². The summed E-state index contributed by atoms with van der Waals surface area (Å²) in [6.45, 7) is 7.06. The lowest BCUT2D eigenvalue weighted by molar-refractivity contribution is -0.122. The molecule has 0 spiro atoms. The molecule has 2 aromatic carbocycles. The van der Waals surface area contributed by atoms with Gasteiger partial charge in [-0.2, -0.15) is 0 Å². The van der Waals surface area contributed by atoms with Gasteiger partial charge in [-0.25, -0.2) is 12.8 Å². The first kappa shape index (κ1) is 20.9. The van der Waals surface area contributed by atoms with Crippen LogP contribution in [0.2, 0.25) is 0 Å². The largest absolute Gasteiger partial charge is 0.348 e. The van der Waals surface area contributed by atoms with Crippen molar-refractivity contribution in [3.8, 4) is 0 Å². The van der Waals surface area contributed by atoms with Gasteiger partial charge in [0.2, 0.25) is 15.9 Å². The summed E-state index contributed by atoms with van der Waals surface area (Å²) in [6.07, 6.45) is 1.08. The zero-order valence-electron chi connectivity index (χ0n) is 16.2. The fourth-order valence-corrected chi connectivity index (χ4v) is 4.21. The lowest BCUT2D eigenvalue weighted by Crippen LogP contribution is -2.48. The summed E-state index contributed by atoms with van der Waals surface area (Å²) >= 11 is 0. The van der Waals surface area contributed by atoms with Crippen LogP contribution in [0.15, 0.2) is 42.5 Å². The molecule has 2 unspecified atom stereocenters. The molecule has 7 heteroatoms. The van der Waals surface area contributed by atoms with Crippen molar-refractivity contribution in [3.63, 3.8) is 0 Å². The van der Waals surface area contributed by atoms with Crippen LogP contribution in [-0.4, -0.2) is 26.6 Å². The standard InChI is InChI=1S/C20H25FN2O3S/c1-13-10-14(2)12-19(11-13)23(27(5,25)26)16(4)20(24)22-15(3)17-6-8-18(21)9-7-17/h6-12,15-16H,1-5H3,(H,22,24). The summed E-state index contributed by atoms with van der Waals surface area (Å²) in [5.41, 5.74) is 3.00. The van der Waals surface area contributed by atoms with E-state index in [1.165, 1.54) is 12.1 Å². The molecular weight excluding hydrogens is 367 g/mol. The first-order valence-electron chi connectivity index (χ1n) is 8.62. The van der Waals surface area contributed by atoms with E-state index >= 15 is 0 Å². The fourth-order valence-electron chi connectivity index (χ4n) is 3.06. The van der Waals surface area contributed by atoms with Crippen molar-refractivity contribution in [2.24, 2.45) is 0 Å². The molecule has 0 fully saturated rings. The van der Waals surface area contributed by atoms with E-state index in [-0.39, 0.29) is 11.9 Å². The number of rotatable bonds is 6. The molecule has 2 rings (SSSR count). The molecule has 5 nitrogen and oxygen atoms in total. The van der Waals surface area contributed by atoms with E-state index in [1.807, 2.05) is 19.9 Å². The van der Waals surface area contributed by atoms with Gasteiger partial charge in [0, 0.05) is 0 Å². The van der Waals surface area contributed by atoms with Crippen LogP contribution >= 0.6 is 0 Å². The molecule has 1 amide bonds. The van der Waals surface area contributed by atoms with Gasteiger partial charge in [0.05, 0.1) is 18.0 Å². The first-order valence-corrected chi connectivity index (χ1v) is 10.5. The molecule has 0 heterocycles. The van der Waals surface area contributed by atoms with Gasteiger partial charge in [-0.1, -0.05) is 18.2 Å². The molecule has 0 aromatic heterocycles. The third-order valence-corrected chi connectivity index (χ3v) is 5.52. The number of carbonyl (C=O) groups excluding carboxylic acids is 1. The molecule has 2 aromatic rings. The molecule has 27 heavy (non-hydrogen) atoms. The van der Waals surface area contributed by atoms with Crippen molar-refractivity contribution in [1.82, 2.24) is 5.32 Å². The smallest absolute Gasteiger partial charge is 0.244 e. The summed E-state index contributed by atoms with van der Waals surface area (Å²) in [5.74, 6) is -0.792. The van der Waals surface area contributed by atoms with E-state index in [1.54, 1.807) is 38.1 Å². The Morgan fingerprint density at radius 1 is 1.04 bits per heavy atom. The zero-order chi connectivity index (χ0) is 20.4. The third kappa shape index (κ3) is 5.29. The number of sulfonamides is 1. The van der Waals surface area contributed by atoms with E-state index < -0.39 is 22.0 Å². The second-order valence-electron chi connectivity index (χ2n) is 6.86. The Labute approximate surface area is 160 Å². The summed E-state index contributed by atoms with van der Waals surface area (Å²) in [5, 5.41) is 2.80. The summed E-state index contributed by atoms with van der Waals surface area (Å²) in [4.78, 5) is 12.7. The Morgan fingerprint density at radius 3 is 2.04 bits per heavy atom. The predicted molar refractivity (Wildman–Crippen MR) is 106 cm³/mol. The van der Waals surface area contributed by atoms with Gasteiger partial charge in [0.1, 0.15) is 11.9 Å². The summed E-state index contributed by atoms with van der Waals surface area (Å²) in [7, 11) is -3.68. The van der Waals surface area contributed by atoms with Crippen LogP contribution in [-0.2, 0) is 14.8 Å². The molecule has 0 radical (unpaired) electrons. The van der Waals surface area contributed by atoms with E-state index in [0.717, 1.165) is 27.3 Å². The fraction of sp³-hybridized carbons (Fsp3) is 0.350. The van der Waals surface area contributed by atoms with Gasteiger partial charge in [-0.15, -0.1) is 0 Å². The molecular formula is C20H25FN2O3S. The van der Waals surface area contributed by atoms with Gasteiger partial charge >= 0.3 is 0 Å². The van der Waals surface area contributed by atoms with Gasteiger partial charge in [-0.05, 0) is 68.7 Å². The lowest BCUT2D eigenvalue weighted by Gasteiger charge is -2.29. The van der Waals surface area contributed by atoms with Crippen molar-refractivity contribution < 1.29 is 17.6 Å². The number of aryl methyl sites for hydroxylation is 2. The molecule has 0 aliphatic rings. The molecule has 1 N–H and O–H groups in total. The summed E-state index contributed by atoms with van der Waals surface area (Å²) in [6, 6.07) is 9.89. The van der Waals surface area contributed by atoms with Gasteiger partial charge in [0.15, 0.2) is 0 Å². The minimum absolute atomic E-state index is 0.358. The molecule has 0 bridgehead atoms. The second-order valence-corrected chi connectivity index (χ2v) is 8.72. The van der Waals surface area contributed by atoms with Crippen molar-refractivity contribution >= 4 is 21.6 Å². The number of nitrogens with zero attached hydrogens (tertiary/aromatic N) is 1. The maximum Gasteiger partial charge on any atom is 0.244 e. The van der Waals surface area contributed by atoms with Gasteiger partial charge in [-0.3, -0.25) is 9.10 Å². The van der Waals surface area contributed by atoms with Crippen LogP contribution < -0.4 is 9.62 Å². The Hall–Kier alpha value is -2.41. The highest BCUT2D eigenvalue weighted by molar-refractivity contribution is 7.92. The quantitative estimate of drug-likeness (QED) is 0.819. The van der Waals surface area contributed by atoms with Gasteiger partial charge < -0.3 is 5.32 Å². The van der Waals surface area contributed by atoms with Crippen molar-refractivity contribution in [3.05, 3.63) is 65.0 Å². The van der Waals surface area contributed by atoms with Crippen LogP contribution in [0.25, 0.3) is 0 Å². The normalized spacial score (nSPS) is 13.7. The van der Waals surface area contributed by atoms with Crippen molar-refractivity contribution in [2.75, 3.05) is 10.6 Å². The Bertz CT molecular complexity index is 906. The molecule has 146 valence electrons. The SMILES string of the molecule is Cc1cc(C)cc(N(C(C)C(=O)NC(C)c2ccc(F)cc2)S(C)(=O)=O)c1. The lowest BCUT2D eigenvalue weighted by atomic mass is 10.1. The zero-order valence-corrected chi connectivity index (χ0v) is 17.0. The highest BCUT2D eigenvalue weighted by Crippen LogP contribution is 2.24. The van der Waals surface area contributed by atoms with E-state index in [9.17, 15) is 17.6 Å². The minimum Gasteiger partial charge on any atom is -0.348 e. The molecule has 0 saturated carbocycles. The predicted octanol–water partition coefficient (Wildman–Crippen LogP) is 3.47. The maximum atomic E-state index is 13.1.